The molecule has 0 spiro atoms. The van der Waals surface area contributed by atoms with Crippen LogP contribution in [0.15, 0.2) is 36.4 Å². The largest absolute Gasteiger partial charge is 0.586 e. The maximum atomic E-state index is 15.3. The summed E-state index contributed by atoms with van der Waals surface area (Å²) in [7, 11) is 0. The molecule has 2 aliphatic rings. The third-order valence-corrected chi connectivity index (χ3v) is 6.09. The van der Waals surface area contributed by atoms with Gasteiger partial charge >= 0.3 is 12.5 Å². The van der Waals surface area contributed by atoms with Crippen molar-refractivity contribution in [3.8, 4) is 22.6 Å². The van der Waals surface area contributed by atoms with E-state index in [9.17, 15) is 35.9 Å². The van der Waals surface area contributed by atoms with E-state index < -0.39 is 81.3 Å². The van der Waals surface area contributed by atoms with Crippen molar-refractivity contribution >= 4 is 23.4 Å². The lowest BCUT2D eigenvalue weighted by Gasteiger charge is -2.20. The van der Waals surface area contributed by atoms with Crippen LogP contribution in [0.3, 0.4) is 0 Å². The summed E-state index contributed by atoms with van der Waals surface area (Å²) in [5.74, 6) is -6.49. The molecule has 0 aromatic heterocycles. The van der Waals surface area contributed by atoms with Gasteiger partial charge in [-0.05, 0) is 42.0 Å². The molecule has 37 heavy (non-hydrogen) atoms. The SMILES string of the molecule is NC(=O)c1cc(C(F)(F)F)cc(F)c1-c1cc2c(c3c1C(c1cc(F)ccc1Cl)NC3=O)OC(F)(F)O2. The zero-order valence-corrected chi connectivity index (χ0v) is 18.5. The first-order chi connectivity index (χ1) is 17.2. The Bertz CT molecular complexity index is 1520. The van der Waals surface area contributed by atoms with Gasteiger partial charge < -0.3 is 20.5 Å². The van der Waals surface area contributed by atoms with Gasteiger partial charge in [0.2, 0.25) is 5.91 Å². The number of benzene rings is 3. The molecule has 0 saturated carbocycles. The Morgan fingerprint density at radius 2 is 1.76 bits per heavy atom. The van der Waals surface area contributed by atoms with Gasteiger partial charge in [0.25, 0.3) is 5.91 Å². The molecule has 3 N–H and O–H groups in total. The minimum Gasteiger partial charge on any atom is -0.395 e. The zero-order valence-electron chi connectivity index (χ0n) is 17.8. The van der Waals surface area contributed by atoms with Crippen LogP contribution >= 0.6 is 11.6 Å². The van der Waals surface area contributed by atoms with E-state index in [4.69, 9.17) is 17.3 Å². The van der Waals surface area contributed by atoms with E-state index >= 15 is 4.39 Å². The predicted molar refractivity (Wildman–Crippen MR) is 112 cm³/mol. The van der Waals surface area contributed by atoms with Crippen LogP contribution in [0.5, 0.6) is 11.5 Å². The molecular weight excluding hydrogens is 537 g/mol. The molecule has 2 amide bonds. The van der Waals surface area contributed by atoms with Gasteiger partial charge in [0.1, 0.15) is 11.6 Å². The molecule has 0 bridgehead atoms. The van der Waals surface area contributed by atoms with E-state index in [0.717, 1.165) is 24.3 Å². The van der Waals surface area contributed by atoms with Crippen LogP contribution in [0, 0.1) is 11.6 Å². The number of ether oxygens (including phenoxy) is 2. The Morgan fingerprint density at radius 1 is 1.05 bits per heavy atom. The van der Waals surface area contributed by atoms with Gasteiger partial charge in [-0.25, -0.2) is 8.78 Å². The summed E-state index contributed by atoms with van der Waals surface area (Å²) in [6.07, 6.45) is -9.33. The lowest BCUT2D eigenvalue weighted by atomic mass is 9.86. The molecule has 2 heterocycles. The van der Waals surface area contributed by atoms with Gasteiger partial charge in [-0.3, -0.25) is 9.59 Å². The first kappa shape index (κ1) is 24.7. The minimum absolute atomic E-state index is 0.0712. The molecule has 2 aliphatic heterocycles. The Labute approximate surface area is 206 Å². The Morgan fingerprint density at radius 3 is 2.41 bits per heavy atom. The van der Waals surface area contributed by atoms with Crippen molar-refractivity contribution in [3.05, 3.63) is 80.9 Å². The van der Waals surface area contributed by atoms with Crippen molar-refractivity contribution in [2.24, 2.45) is 5.73 Å². The Hall–Kier alpha value is -4.00. The summed E-state index contributed by atoms with van der Waals surface area (Å²) in [5.41, 5.74) is 0.330. The second kappa shape index (κ2) is 8.00. The highest BCUT2D eigenvalue weighted by Gasteiger charge is 2.50. The number of hydrogen-bond acceptors (Lipinski definition) is 4. The van der Waals surface area contributed by atoms with Crippen molar-refractivity contribution < 1.29 is 49.8 Å². The van der Waals surface area contributed by atoms with Crippen LogP contribution in [-0.2, 0) is 6.18 Å². The van der Waals surface area contributed by atoms with E-state index in [1.54, 1.807) is 0 Å². The number of carbonyl (C=O) groups is 2. The van der Waals surface area contributed by atoms with Crippen LogP contribution in [-0.4, -0.2) is 18.1 Å². The van der Waals surface area contributed by atoms with Crippen LogP contribution in [0.2, 0.25) is 5.02 Å². The van der Waals surface area contributed by atoms with Crippen molar-refractivity contribution in [1.82, 2.24) is 5.32 Å². The fraction of sp³-hybridized carbons (Fsp3) is 0.130. The molecule has 3 aromatic rings. The van der Waals surface area contributed by atoms with Gasteiger partial charge in [-0.1, -0.05) is 11.6 Å². The molecular formula is C23H10ClF7N2O4. The Kier molecular flexibility index (Phi) is 5.34. The van der Waals surface area contributed by atoms with E-state index in [1.807, 2.05) is 0 Å². The summed E-state index contributed by atoms with van der Waals surface area (Å²) >= 11 is 6.17. The maximum Gasteiger partial charge on any atom is 0.586 e. The zero-order chi connectivity index (χ0) is 27.0. The number of fused-ring (bicyclic) bond motifs is 3. The van der Waals surface area contributed by atoms with Gasteiger partial charge in [0.05, 0.1) is 22.7 Å². The second-order valence-corrected chi connectivity index (χ2v) is 8.43. The Balaban J connectivity index is 1.88. The van der Waals surface area contributed by atoms with E-state index in [-0.39, 0.29) is 28.3 Å². The molecule has 0 fully saturated rings. The molecule has 0 saturated heterocycles. The third kappa shape index (κ3) is 3.99. The van der Waals surface area contributed by atoms with Crippen molar-refractivity contribution in [1.29, 1.82) is 0 Å². The average Bonchev–Trinajstić information content (AvgIpc) is 3.28. The van der Waals surface area contributed by atoms with E-state index in [2.05, 4.69) is 14.8 Å². The van der Waals surface area contributed by atoms with Crippen LogP contribution < -0.4 is 20.5 Å². The molecule has 14 heteroatoms. The first-order valence-electron chi connectivity index (χ1n) is 10.1. The smallest absolute Gasteiger partial charge is 0.395 e. The van der Waals surface area contributed by atoms with Gasteiger partial charge in [0, 0.05) is 21.7 Å². The van der Waals surface area contributed by atoms with Crippen LogP contribution in [0.25, 0.3) is 11.1 Å². The number of hydrogen-bond donors (Lipinski definition) is 2. The van der Waals surface area contributed by atoms with E-state index in [1.165, 1.54) is 0 Å². The molecule has 6 nitrogen and oxygen atoms in total. The quantitative estimate of drug-likeness (QED) is 0.421. The highest BCUT2D eigenvalue weighted by Crippen LogP contribution is 2.53. The first-order valence-corrected chi connectivity index (χ1v) is 10.5. The van der Waals surface area contributed by atoms with Gasteiger partial charge in [-0.15, -0.1) is 8.78 Å². The summed E-state index contributed by atoms with van der Waals surface area (Å²) in [5, 5.41) is 2.29. The van der Waals surface area contributed by atoms with Crippen LogP contribution in [0.4, 0.5) is 30.7 Å². The number of nitrogens with two attached hydrogens (primary N) is 1. The van der Waals surface area contributed by atoms with Crippen molar-refractivity contribution in [2.45, 2.75) is 18.5 Å². The summed E-state index contributed by atoms with van der Waals surface area (Å²) in [6, 6.07) is 2.71. The molecule has 0 aliphatic carbocycles. The number of nitrogens with one attached hydrogen (secondary N) is 1. The normalized spacial score (nSPS) is 17.5. The van der Waals surface area contributed by atoms with E-state index in [0.29, 0.717) is 0 Å². The highest BCUT2D eigenvalue weighted by molar-refractivity contribution is 6.31. The fourth-order valence-corrected chi connectivity index (χ4v) is 4.54. The molecule has 0 radical (unpaired) electrons. The molecule has 1 unspecified atom stereocenters. The van der Waals surface area contributed by atoms with Crippen molar-refractivity contribution in [3.63, 3.8) is 0 Å². The lowest BCUT2D eigenvalue weighted by Crippen LogP contribution is -2.26. The fourth-order valence-electron chi connectivity index (χ4n) is 4.31. The number of rotatable bonds is 3. The summed E-state index contributed by atoms with van der Waals surface area (Å²) in [6.45, 7) is 0. The summed E-state index contributed by atoms with van der Waals surface area (Å²) < 4.78 is 106. The maximum absolute atomic E-state index is 15.3. The average molecular weight is 547 g/mol. The van der Waals surface area contributed by atoms with Crippen molar-refractivity contribution in [2.75, 3.05) is 0 Å². The van der Waals surface area contributed by atoms with Gasteiger partial charge in [0.15, 0.2) is 11.5 Å². The third-order valence-electron chi connectivity index (χ3n) is 5.75. The van der Waals surface area contributed by atoms with Gasteiger partial charge in [-0.2, -0.15) is 13.2 Å². The molecule has 192 valence electrons. The second-order valence-electron chi connectivity index (χ2n) is 8.02. The monoisotopic (exact) mass is 546 g/mol. The number of halogens is 8. The summed E-state index contributed by atoms with van der Waals surface area (Å²) in [4.78, 5) is 25.1. The predicted octanol–water partition coefficient (Wildman–Crippen LogP) is 5.56. The lowest BCUT2D eigenvalue weighted by molar-refractivity contribution is -0.286. The number of primary amides is 1. The number of alkyl halides is 5. The number of amides is 2. The standard InChI is InChI=1S/C23H10ClF7N2O4/c24-12-2-1-8(25)5-9(12)18-16-10(6-14-19(17(16)21(35)33-18)37-23(30,31)36-14)15-11(20(32)34)3-7(4-13(15)26)22(27,28)29/h1-6,18H,(H2,32,34)(H,33,35). The highest BCUT2D eigenvalue weighted by atomic mass is 35.5. The number of carbonyl (C=O) groups excluding carboxylic acids is 2. The minimum atomic E-state index is -5.07. The molecule has 5 rings (SSSR count). The molecule has 3 aromatic carbocycles. The molecule has 1 atom stereocenters. The topological polar surface area (TPSA) is 90.7 Å². The van der Waals surface area contributed by atoms with Crippen LogP contribution in [0.1, 0.15) is 43.4 Å².